The Bertz CT molecular complexity index is 703. The first-order valence-corrected chi connectivity index (χ1v) is 7.78. The van der Waals surface area contributed by atoms with E-state index in [4.69, 9.17) is 16.9 Å². The third kappa shape index (κ3) is 2.32. The summed E-state index contributed by atoms with van der Waals surface area (Å²) in [6, 6.07) is 7.35. The van der Waals surface area contributed by atoms with Crippen molar-refractivity contribution in [1.29, 1.82) is 5.26 Å². The molecule has 0 bridgehead atoms. The predicted octanol–water partition coefficient (Wildman–Crippen LogP) is 3.54. The zero-order chi connectivity index (χ0) is 15.7. The lowest BCUT2D eigenvalue weighted by atomic mass is 9.93. The third-order valence-corrected chi connectivity index (χ3v) is 4.50. The van der Waals surface area contributed by atoms with E-state index in [1.165, 1.54) is 4.90 Å². The van der Waals surface area contributed by atoms with Crippen LogP contribution >= 0.6 is 11.6 Å². The van der Waals surface area contributed by atoms with Crippen LogP contribution in [0.2, 0.25) is 5.02 Å². The van der Waals surface area contributed by atoms with Crippen molar-refractivity contribution in [3.05, 3.63) is 39.9 Å². The molecule has 22 heavy (non-hydrogen) atoms. The van der Waals surface area contributed by atoms with Gasteiger partial charge in [0.2, 0.25) is 0 Å². The van der Waals surface area contributed by atoms with Gasteiger partial charge in [0, 0.05) is 17.6 Å². The molecule has 0 fully saturated rings. The van der Waals surface area contributed by atoms with Gasteiger partial charge in [-0.1, -0.05) is 23.7 Å². The van der Waals surface area contributed by atoms with E-state index in [1.54, 1.807) is 12.1 Å². The molecule has 1 aliphatic heterocycles. The van der Waals surface area contributed by atoms with E-state index in [2.05, 4.69) is 6.07 Å². The molecule has 1 aliphatic carbocycles. The number of rotatable bonds is 3. The van der Waals surface area contributed by atoms with E-state index < -0.39 is 0 Å². The number of para-hydroxylation sites is 1. The van der Waals surface area contributed by atoms with Crippen LogP contribution in [0.5, 0.6) is 0 Å². The number of nitrogens with zero attached hydrogens (tertiary/aromatic N) is 2. The number of nitriles is 1. The largest absolute Gasteiger partial charge is 0.269 e. The van der Waals surface area contributed by atoms with Crippen molar-refractivity contribution in [3.8, 4) is 6.07 Å². The molecule has 0 N–H and O–H groups in total. The second kappa shape index (κ2) is 5.94. The highest BCUT2D eigenvalue weighted by Gasteiger charge is 2.41. The van der Waals surface area contributed by atoms with Crippen LogP contribution < -0.4 is 4.90 Å². The van der Waals surface area contributed by atoms with Gasteiger partial charge in [0.25, 0.3) is 11.8 Å². The van der Waals surface area contributed by atoms with Gasteiger partial charge in [-0.25, -0.2) is 4.90 Å². The van der Waals surface area contributed by atoms with Crippen molar-refractivity contribution in [3.63, 3.8) is 0 Å². The highest BCUT2D eigenvalue weighted by molar-refractivity contribution is 6.39. The quantitative estimate of drug-likeness (QED) is 0.802. The molecule has 4 nitrogen and oxygen atoms in total. The highest BCUT2D eigenvalue weighted by Crippen LogP contribution is 2.40. The van der Waals surface area contributed by atoms with Crippen molar-refractivity contribution < 1.29 is 9.59 Å². The monoisotopic (exact) mass is 314 g/mol. The Labute approximate surface area is 134 Å². The van der Waals surface area contributed by atoms with Crippen LogP contribution in [-0.2, 0) is 16.0 Å². The smallest absolute Gasteiger partial charge is 0.261 e. The van der Waals surface area contributed by atoms with Gasteiger partial charge >= 0.3 is 0 Å². The number of amides is 2. The molecule has 0 atom stereocenters. The number of hydrogen-bond donors (Lipinski definition) is 0. The molecule has 0 radical (unpaired) electrons. The maximum atomic E-state index is 12.7. The second-order valence-corrected chi connectivity index (χ2v) is 5.92. The van der Waals surface area contributed by atoms with Gasteiger partial charge < -0.3 is 0 Å². The lowest BCUT2D eigenvalue weighted by Crippen LogP contribution is -2.32. The maximum absolute atomic E-state index is 12.7. The molecule has 5 heteroatoms. The summed E-state index contributed by atoms with van der Waals surface area (Å²) in [5, 5.41) is 9.16. The third-order valence-electron chi connectivity index (χ3n) is 4.19. The van der Waals surface area contributed by atoms with Crippen LogP contribution in [0.1, 0.15) is 37.7 Å². The fourth-order valence-corrected chi connectivity index (χ4v) is 3.42. The van der Waals surface area contributed by atoms with Crippen LogP contribution in [0.25, 0.3) is 0 Å². The first-order chi connectivity index (χ1) is 10.6. The number of carbonyl (C=O) groups is 2. The Balaban J connectivity index is 2.04. The Kier molecular flexibility index (Phi) is 4.00. The molecule has 0 spiro atoms. The van der Waals surface area contributed by atoms with Gasteiger partial charge in [-0.3, -0.25) is 9.59 Å². The summed E-state index contributed by atoms with van der Waals surface area (Å²) in [5.74, 6) is -0.489. The van der Waals surface area contributed by atoms with Gasteiger partial charge in [-0.05, 0) is 43.7 Å². The molecule has 0 saturated heterocycles. The zero-order valence-corrected chi connectivity index (χ0v) is 12.8. The highest BCUT2D eigenvalue weighted by atomic mass is 35.5. The molecule has 1 heterocycles. The van der Waals surface area contributed by atoms with Crippen molar-refractivity contribution in [2.75, 3.05) is 4.90 Å². The summed E-state index contributed by atoms with van der Waals surface area (Å²) in [7, 11) is 0. The lowest BCUT2D eigenvalue weighted by Gasteiger charge is -2.20. The molecule has 1 aromatic rings. The Morgan fingerprint density at radius 3 is 2.36 bits per heavy atom. The molecule has 2 aliphatic rings. The van der Waals surface area contributed by atoms with E-state index in [0.29, 0.717) is 47.5 Å². The first-order valence-electron chi connectivity index (χ1n) is 7.40. The van der Waals surface area contributed by atoms with Crippen molar-refractivity contribution in [2.45, 2.75) is 38.5 Å². The molecule has 1 aromatic carbocycles. The van der Waals surface area contributed by atoms with Crippen LogP contribution in [0, 0.1) is 11.3 Å². The Morgan fingerprint density at radius 2 is 1.77 bits per heavy atom. The lowest BCUT2D eigenvalue weighted by molar-refractivity contribution is -0.120. The number of carbonyl (C=O) groups excluding carboxylic acids is 2. The van der Waals surface area contributed by atoms with Crippen LogP contribution in [-0.4, -0.2) is 11.8 Å². The number of halogens is 1. The fraction of sp³-hybridized carbons (Fsp3) is 0.353. The molecular formula is C17H15ClN2O2. The summed E-state index contributed by atoms with van der Waals surface area (Å²) < 4.78 is 0. The van der Waals surface area contributed by atoms with Crippen LogP contribution in [0.15, 0.2) is 29.3 Å². The van der Waals surface area contributed by atoms with Crippen LogP contribution in [0.4, 0.5) is 5.69 Å². The number of hydrogen-bond acceptors (Lipinski definition) is 3. The average molecular weight is 315 g/mol. The molecule has 3 rings (SSSR count). The summed E-state index contributed by atoms with van der Waals surface area (Å²) in [4.78, 5) is 26.5. The van der Waals surface area contributed by atoms with Crippen LogP contribution in [0.3, 0.4) is 0 Å². The average Bonchev–Trinajstić information content (AvgIpc) is 2.78. The van der Waals surface area contributed by atoms with E-state index in [0.717, 1.165) is 18.4 Å². The summed E-state index contributed by atoms with van der Waals surface area (Å²) in [5.41, 5.74) is 2.49. The van der Waals surface area contributed by atoms with Crippen molar-refractivity contribution in [2.24, 2.45) is 0 Å². The fourth-order valence-electron chi connectivity index (χ4n) is 3.15. The zero-order valence-electron chi connectivity index (χ0n) is 12.1. The summed E-state index contributed by atoms with van der Waals surface area (Å²) in [6.45, 7) is 0. The van der Waals surface area contributed by atoms with Gasteiger partial charge in [-0.15, -0.1) is 0 Å². The van der Waals surface area contributed by atoms with Crippen molar-refractivity contribution in [1.82, 2.24) is 0 Å². The summed E-state index contributed by atoms with van der Waals surface area (Å²) in [6.07, 6.45) is 3.98. The van der Waals surface area contributed by atoms with E-state index >= 15 is 0 Å². The second-order valence-electron chi connectivity index (χ2n) is 5.52. The van der Waals surface area contributed by atoms with E-state index in [9.17, 15) is 9.59 Å². The molecule has 0 unspecified atom stereocenters. The molecule has 2 amide bonds. The maximum Gasteiger partial charge on any atom is 0.261 e. The topological polar surface area (TPSA) is 61.2 Å². The minimum Gasteiger partial charge on any atom is -0.269 e. The summed E-state index contributed by atoms with van der Waals surface area (Å²) >= 11 is 6.27. The minimum atomic E-state index is -0.244. The number of benzene rings is 1. The predicted molar refractivity (Wildman–Crippen MR) is 83.4 cm³/mol. The Morgan fingerprint density at radius 1 is 1.14 bits per heavy atom. The number of imide groups is 1. The standard InChI is InChI=1S/C17H15ClN2O2/c18-14-9-3-5-11(6-4-10-19)15(14)20-16(21)12-7-1-2-8-13(12)17(20)22/h3,5,9H,1-2,4,6-8H2. The first kappa shape index (κ1) is 14.8. The minimum absolute atomic E-state index is 0.244. The van der Waals surface area contributed by atoms with Gasteiger partial charge in [0.15, 0.2) is 0 Å². The number of aryl methyl sites for hydroxylation is 1. The molecule has 112 valence electrons. The van der Waals surface area contributed by atoms with Crippen molar-refractivity contribution >= 4 is 29.1 Å². The molecule has 0 aromatic heterocycles. The number of anilines is 1. The van der Waals surface area contributed by atoms with Gasteiger partial charge in [0.1, 0.15) is 0 Å². The Hall–Kier alpha value is -2.12. The molecular weight excluding hydrogens is 300 g/mol. The van der Waals surface area contributed by atoms with Gasteiger partial charge in [-0.2, -0.15) is 5.26 Å². The van der Waals surface area contributed by atoms with Gasteiger partial charge in [0.05, 0.1) is 16.8 Å². The molecule has 0 saturated carbocycles. The van der Waals surface area contributed by atoms with E-state index in [1.807, 2.05) is 6.07 Å². The normalized spacial score (nSPS) is 17.7. The SMILES string of the molecule is N#CCCc1cccc(Cl)c1N1C(=O)C2=C(CCCC2)C1=O. The van der Waals surface area contributed by atoms with E-state index in [-0.39, 0.29) is 11.8 Å².